The van der Waals surface area contributed by atoms with Crippen LogP contribution in [0.3, 0.4) is 0 Å². The Morgan fingerprint density at radius 3 is 2.36 bits per heavy atom. The van der Waals surface area contributed by atoms with Gasteiger partial charge in [0.15, 0.2) is 0 Å². The van der Waals surface area contributed by atoms with Crippen molar-refractivity contribution in [3.05, 3.63) is 24.3 Å². The van der Waals surface area contributed by atoms with Crippen molar-refractivity contribution in [1.82, 2.24) is 0 Å². The SMILES string of the molecule is CCCCN(C)c1ccc(OC)cc1. The van der Waals surface area contributed by atoms with Crippen molar-refractivity contribution in [2.45, 2.75) is 19.8 Å². The van der Waals surface area contributed by atoms with Crippen molar-refractivity contribution in [2.24, 2.45) is 0 Å². The molecule has 78 valence electrons. The molecule has 1 rings (SSSR count). The number of unbranched alkanes of at least 4 members (excludes halogenated alkanes) is 1. The van der Waals surface area contributed by atoms with Crippen molar-refractivity contribution in [1.29, 1.82) is 0 Å². The summed E-state index contributed by atoms with van der Waals surface area (Å²) >= 11 is 0. The van der Waals surface area contributed by atoms with Crippen LogP contribution in [0.5, 0.6) is 5.75 Å². The van der Waals surface area contributed by atoms with Gasteiger partial charge in [-0.05, 0) is 30.7 Å². The van der Waals surface area contributed by atoms with E-state index >= 15 is 0 Å². The van der Waals surface area contributed by atoms with Gasteiger partial charge >= 0.3 is 0 Å². The molecule has 0 aromatic heterocycles. The number of ether oxygens (including phenoxy) is 1. The first-order chi connectivity index (χ1) is 6.77. The fraction of sp³-hybridized carbons (Fsp3) is 0.500. The highest BCUT2D eigenvalue weighted by atomic mass is 16.5. The van der Waals surface area contributed by atoms with Gasteiger partial charge in [0.1, 0.15) is 5.75 Å². The zero-order valence-corrected chi connectivity index (χ0v) is 9.29. The minimum absolute atomic E-state index is 0.914. The van der Waals surface area contributed by atoms with Crippen LogP contribution in [0.2, 0.25) is 0 Å². The van der Waals surface area contributed by atoms with Gasteiger partial charge in [-0.25, -0.2) is 0 Å². The van der Waals surface area contributed by atoms with Crippen LogP contribution in [0.4, 0.5) is 5.69 Å². The van der Waals surface area contributed by atoms with Gasteiger partial charge in [0, 0.05) is 19.3 Å². The molecular formula is C12H19NO. The van der Waals surface area contributed by atoms with Crippen molar-refractivity contribution in [3.63, 3.8) is 0 Å². The van der Waals surface area contributed by atoms with E-state index in [1.54, 1.807) is 7.11 Å². The number of anilines is 1. The molecule has 14 heavy (non-hydrogen) atoms. The van der Waals surface area contributed by atoms with Crippen LogP contribution in [-0.2, 0) is 0 Å². The first kappa shape index (κ1) is 10.9. The van der Waals surface area contributed by atoms with E-state index in [0.29, 0.717) is 0 Å². The van der Waals surface area contributed by atoms with E-state index in [1.165, 1.54) is 18.5 Å². The van der Waals surface area contributed by atoms with Gasteiger partial charge in [0.2, 0.25) is 0 Å². The molecule has 0 aliphatic carbocycles. The summed E-state index contributed by atoms with van der Waals surface area (Å²) in [6.07, 6.45) is 2.48. The number of rotatable bonds is 5. The Kier molecular flexibility index (Phi) is 4.30. The highest BCUT2D eigenvalue weighted by Gasteiger charge is 1.99. The summed E-state index contributed by atoms with van der Waals surface area (Å²) in [6, 6.07) is 8.18. The standard InChI is InChI=1S/C12H19NO/c1-4-5-10-13(2)11-6-8-12(14-3)9-7-11/h6-9H,4-5,10H2,1-3H3. The molecule has 0 amide bonds. The largest absolute Gasteiger partial charge is 0.497 e. The first-order valence-electron chi connectivity index (χ1n) is 5.13. The van der Waals surface area contributed by atoms with Crippen molar-refractivity contribution >= 4 is 5.69 Å². The molecule has 0 radical (unpaired) electrons. The predicted molar refractivity (Wildman–Crippen MR) is 61.2 cm³/mol. The van der Waals surface area contributed by atoms with Crippen molar-refractivity contribution in [2.75, 3.05) is 25.6 Å². The highest BCUT2D eigenvalue weighted by molar-refractivity contribution is 5.48. The topological polar surface area (TPSA) is 12.5 Å². The summed E-state index contributed by atoms with van der Waals surface area (Å²) in [6.45, 7) is 3.32. The summed E-state index contributed by atoms with van der Waals surface area (Å²) in [4.78, 5) is 2.27. The molecule has 0 bridgehead atoms. The van der Waals surface area contributed by atoms with Crippen LogP contribution in [0, 0.1) is 0 Å². The maximum atomic E-state index is 5.11. The lowest BCUT2D eigenvalue weighted by Gasteiger charge is -2.18. The second-order valence-electron chi connectivity index (χ2n) is 3.47. The van der Waals surface area contributed by atoms with E-state index < -0.39 is 0 Å². The third-order valence-corrected chi connectivity index (χ3v) is 2.36. The third kappa shape index (κ3) is 2.95. The minimum atomic E-state index is 0.914. The number of methoxy groups -OCH3 is 1. The predicted octanol–water partition coefficient (Wildman–Crippen LogP) is 2.93. The Morgan fingerprint density at radius 2 is 1.86 bits per heavy atom. The van der Waals surface area contributed by atoms with E-state index in [1.807, 2.05) is 12.1 Å². The van der Waals surface area contributed by atoms with E-state index in [4.69, 9.17) is 4.74 Å². The van der Waals surface area contributed by atoms with E-state index in [0.717, 1.165) is 12.3 Å². The van der Waals surface area contributed by atoms with Crippen LogP contribution < -0.4 is 9.64 Å². The number of benzene rings is 1. The lowest BCUT2D eigenvalue weighted by Crippen LogP contribution is -2.17. The third-order valence-electron chi connectivity index (χ3n) is 2.36. The number of nitrogens with zero attached hydrogens (tertiary/aromatic N) is 1. The quantitative estimate of drug-likeness (QED) is 0.713. The molecule has 1 aromatic carbocycles. The summed E-state index contributed by atoms with van der Waals surface area (Å²) in [5.41, 5.74) is 1.25. The molecule has 0 saturated heterocycles. The molecule has 0 saturated carbocycles. The molecule has 0 spiro atoms. The fourth-order valence-electron chi connectivity index (χ4n) is 1.36. The maximum Gasteiger partial charge on any atom is 0.119 e. The molecular weight excluding hydrogens is 174 g/mol. The normalized spacial score (nSPS) is 9.93. The lowest BCUT2D eigenvalue weighted by molar-refractivity contribution is 0.415. The van der Waals surface area contributed by atoms with Crippen LogP contribution in [0.15, 0.2) is 24.3 Å². The molecule has 2 heteroatoms. The monoisotopic (exact) mass is 193 g/mol. The molecule has 0 aliphatic rings. The van der Waals surface area contributed by atoms with Gasteiger partial charge in [0.05, 0.1) is 7.11 Å². The Bertz CT molecular complexity index is 256. The van der Waals surface area contributed by atoms with Crippen molar-refractivity contribution in [3.8, 4) is 5.75 Å². The van der Waals surface area contributed by atoms with Gasteiger partial charge in [-0.15, -0.1) is 0 Å². The summed E-state index contributed by atoms with van der Waals surface area (Å²) < 4.78 is 5.11. The Hall–Kier alpha value is -1.18. The van der Waals surface area contributed by atoms with Crippen LogP contribution in [0.25, 0.3) is 0 Å². The van der Waals surface area contributed by atoms with Crippen LogP contribution >= 0.6 is 0 Å². The smallest absolute Gasteiger partial charge is 0.119 e. The summed E-state index contributed by atoms with van der Waals surface area (Å²) in [5.74, 6) is 0.914. The summed E-state index contributed by atoms with van der Waals surface area (Å²) in [7, 11) is 3.81. The fourth-order valence-corrected chi connectivity index (χ4v) is 1.36. The Labute approximate surface area is 86.5 Å². The zero-order chi connectivity index (χ0) is 10.4. The second-order valence-corrected chi connectivity index (χ2v) is 3.47. The maximum absolute atomic E-state index is 5.11. The summed E-state index contributed by atoms with van der Waals surface area (Å²) in [5, 5.41) is 0. The molecule has 0 heterocycles. The van der Waals surface area contributed by atoms with Gasteiger partial charge in [0.25, 0.3) is 0 Å². The van der Waals surface area contributed by atoms with E-state index in [-0.39, 0.29) is 0 Å². The number of hydrogen-bond acceptors (Lipinski definition) is 2. The van der Waals surface area contributed by atoms with Crippen LogP contribution in [-0.4, -0.2) is 20.7 Å². The molecule has 0 atom stereocenters. The van der Waals surface area contributed by atoms with Gasteiger partial charge in [-0.1, -0.05) is 13.3 Å². The highest BCUT2D eigenvalue weighted by Crippen LogP contribution is 2.18. The van der Waals surface area contributed by atoms with Gasteiger partial charge in [-0.2, -0.15) is 0 Å². The Balaban J connectivity index is 2.57. The molecule has 0 N–H and O–H groups in total. The lowest BCUT2D eigenvalue weighted by atomic mass is 10.2. The minimum Gasteiger partial charge on any atom is -0.497 e. The van der Waals surface area contributed by atoms with E-state index in [9.17, 15) is 0 Å². The zero-order valence-electron chi connectivity index (χ0n) is 9.29. The average Bonchev–Trinajstić information content (AvgIpc) is 2.26. The van der Waals surface area contributed by atoms with E-state index in [2.05, 4.69) is 31.0 Å². The second kappa shape index (κ2) is 5.53. The molecule has 0 unspecified atom stereocenters. The molecule has 0 fully saturated rings. The Morgan fingerprint density at radius 1 is 1.21 bits per heavy atom. The first-order valence-corrected chi connectivity index (χ1v) is 5.13. The van der Waals surface area contributed by atoms with Crippen LogP contribution in [0.1, 0.15) is 19.8 Å². The van der Waals surface area contributed by atoms with Gasteiger partial charge in [-0.3, -0.25) is 0 Å². The van der Waals surface area contributed by atoms with Crippen molar-refractivity contribution < 1.29 is 4.74 Å². The average molecular weight is 193 g/mol. The number of hydrogen-bond donors (Lipinski definition) is 0. The van der Waals surface area contributed by atoms with Gasteiger partial charge < -0.3 is 9.64 Å². The molecule has 0 aliphatic heterocycles. The molecule has 2 nitrogen and oxygen atoms in total. The molecule has 1 aromatic rings.